The molecule has 0 spiro atoms. The van der Waals surface area contributed by atoms with Crippen LogP contribution in [-0.2, 0) is 0 Å². The first-order valence-electron chi connectivity index (χ1n) is 7.68. The van der Waals surface area contributed by atoms with Crippen molar-refractivity contribution < 1.29 is 0 Å². The molecular formula is C15H32BrN. The van der Waals surface area contributed by atoms with Crippen LogP contribution < -0.4 is 5.32 Å². The van der Waals surface area contributed by atoms with Crippen molar-refractivity contribution in [1.82, 2.24) is 5.32 Å². The summed E-state index contributed by atoms with van der Waals surface area (Å²) in [4.78, 5) is 0. The summed E-state index contributed by atoms with van der Waals surface area (Å²) in [5.74, 6) is 0. The van der Waals surface area contributed by atoms with Gasteiger partial charge in [-0.15, -0.1) is 0 Å². The molecule has 0 aromatic carbocycles. The normalized spacial score (nSPS) is 10.9. The first kappa shape index (κ1) is 17.4. The van der Waals surface area contributed by atoms with Crippen LogP contribution in [0.4, 0.5) is 0 Å². The quantitative estimate of drug-likeness (QED) is 0.340. The second kappa shape index (κ2) is 16.4. The van der Waals surface area contributed by atoms with E-state index in [1.807, 2.05) is 0 Å². The molecule has 0 aromatic heterocycles. The summed E-state index contributed by atoms with van der Waals surface area (Å²) < 4.78 is 0. The first-order valence-corrected chi connectivity index (χ1v) is 8.80. The number of hydrogen-bond acceptors (Lipinski definition) is 1. The minimum atomic E-state index is 1.16. The largest absolute Gasteiger partial charge is 0.317 e. The van der Waals surface area contributed by atoms with Gasteiger partial charge in [0.2, 0.25) is 0 Å². The van der Waals surface area contributed by atoms with Crippen LogP contribution in [0, 0.1) is 0 Å². The van der Waals surface area contributed by atoms with Crippen LogP contribution >= 0.6 is 15.9 Å². The fourth-order valence-electron chi connectivity index (χ4n) is 2.03. The van der Waals surface area contributed by atoms with Crippen molar-refractivity contribution in [2.45, 2.75) is 77.6 Å². The zero-order valence-corrected chi connectivity index (χ0v) is 13.4. The zero-order valence-electron chi connectivity index (χ0n) is 11.8. The molecule has 104 valence electrons. The maximum Gasteiger partial charge on any atom is 0.00313 e. The van der Waals surface area contributed by atoms with Crippen LogP contribution in [0.2, 0.25) is 0 Å². The monoisotopic (exact) mass is 305 g/mol. The highest BCUT2D eigenvalue weighted by atomic mass is 79.9. The summed E-state index contributed by atoms with van der Waals surface area (Å²) in [5.41, 5.74) is 0. The molecule has 0 heterocycles. The van der Waals surface area contributed by atoms with Gasteiger partial charge < -0.3 is 5.32 Å². The summed E-state index contributed by atoms with van der Waals surface area (Å²) in [7, 11) is 0. The summed E-state index contributed by atoms with van der Waals surface area (Å²) in [6.45, 7) is 4.72. The van der Waals surface area contributed by atoms with Gasteiger partial charge in [-0.25, -0.2) is 0 Å². The summed E-state index contributed by atoms with van der Waals surface area (Å²) >= 11 is 3.46. The van der Waals surface area contributed by atoms with Crippen LogP contribution in [0.15, 0.2) is 0 Å². The lowest BCUT2D eigenvalue weighted by molar-refractivity contribution is 0.546. The Hall–Kier alpha value is 0.440. The third kappa shape index (κ3) is 16.4. The Bertz CT molecular complexity index is 114. The number of alkyl halides is 1. The highest BCUT2D eigenvalue weighted by Crippen LogP contribution is 2.07. The van der Waals surface area contributed by atoms with Gasteiger partial charge in [-0.1, -0.05) is 74.2 Å². The van der Waals surface area contributed by atoms with Crippen molar-refractivity contribution in [1.29, 1.82) is 0 Å². The number of halogens is 1. The SMILES string of the molecule is CCCCCCCCCCNCCCCCBr. The third-order valence-corrected chi connectivity index (χ3v) is 3.76. The molecule has 17 heavy (non-hydrogen) atoms. The van der Waals surface area contributed by atoms with E-state index in [0.717, 1.165) is 5.33 Å². The number of hydrogen-bond donors (Lipinski definition) is 1. The second-order valence-corrected chi connectivity index (χ2v) is 5.77. The van der Waals surface area contributed by atoms with Crippen molar-refractivity contribution in [3.05, 3.63) is 0 Å². The van der Waals surface area contributed by atoms with Crippen LogP contribution in [-0.4, -0.2) is 18.4 Å². The molecule has 0 aromatic rings. The molecule has 0 unspecified atom stereocenters. The van der Waals surface area contributed by atoms with Crippen LogP contribution in [0.1, 0.15) is 77.6 Å². The Morgan fingerprint density at radius 1 is 0.647 bits per heavy atom. The van der Waals surface area contributed by atoms with E-state index < -0.39 is 0 Å². The molecule has 0 saturated heterocycles. The predicted octanol–water partition coefficient (Wildman–Crippen LogP) is 5.28. The van der Waals surface area contributed by atoms with Crippen LogP contribution in [0.5, 0.6) is 0 Å². The van der Waals surface area contributed by atoms with Gasteiger partial charge in [0.15, 0.2) is 0 Å². The molecule has 2 heteroatoms. The summed E-state index contributed by atoms with van der Waals surface area (Å²) in [6, 6.07) is 0. The molecule has 0 aliphatic heterocycles. The smallest absolute Gasteiger partial charge is 0.00313 e. The maximum atomic E-state index is 3.54. The number of unbranched alkanes of at least 4 members (excludes halogenated alkanes) is 9. The Morgan fingerprint density at radius 2 is 1.12 bits per heavy atom. The molecular weight excluding hydrogens is 274 g/mol. The van der Waals surface area contributed by atoms with E-state index in [0.29, 0.717) is 0 Å². The highest BCUT2D eigenvalue weighted by molar-refractivity contribution is 9.09. The minimum Gasteiger partial charge on any atom is -0.317 e. The maximum absolute atomic E-state index is 3.54. The molecule has 1 N–H and O–H groups in total. The Morgan fingerprint density at radius 3 is 1.65 bits per heavy atom. The van der Waals surface area contributed by atoms with Crippen molar-refractivity contribution in [2.24, 2.45) is 0 Å². The fourth-order valence-corrected chi connectivity index (χ4v) is 2.43. The average molecular weight is 306 g/mol. The van der Waals surface area contributed by atoms with Crippen LogP contribution in [0.25, 0.3) is 0 Å². The van der Waals surface area contributed by atoms with Crippen molar-refractivity contribution >= 4 is 15.9 Å². The van der Waals surface area contributed by atoms with Gasteiger partial charge in [0.25, 0.3) is 0 Å². The molecule has 0 aliphatic carbocycles. The van der Waals surface area contributed by atoms with Crippen molar-refractivity contribution in [3.8, 4) is 0 Å². The minimum absolute atomic E-state index is 1.16. The number of nitrogens with one attached hydrogen (secondary N) is 1. The molecule has 0 aliphatic rings. The van der Waals surface area contributed by atoms with E-state index in [1.165, 1.54) is 83.7 Å². The Balaban J connectivity index is 2.85. The van der Waals surface area contributed by atoms with Gasteiger partial charge in [0.1, 0.15) is 0 Å². The van der Waals surface area contributed by atoms with Crippen molar-refractivity contribution in [3.63, 3.8) is 0 Å². The molecule has 0 bridgehead atoms. The standard InChI is InChI=1S/C15H32BrN/c1-2-3-4-5-6-7-8-11-14-17-15-12-9-10-13-16/h17H,2-15H2,1H3. The summed E-state index contributed by atoms with van der Waals surface area (Å²) in [5, 5.41) is 4.70. The van der Waals surface area contributed by atoms with Gasteiger partial charge in [-0.05, 0) is 32.4 Å². The van der Waals surface area contributed by atoms with E-state index in [4.69, 9.17) is 0 Å². The van der Waals surface area contributed by atoms with E-state index >= 15 is 0 Å². The lowest BCUT2D eigenvalue weighted by Crippen LogP contribution is -2.16. The van der Waals surface area contributed by atoms with E-state index in [-0.39, 0.29) is 0 Å². The van der Waals surface area contributed by atoms with Gasteiger partial charge in [-0.2, -0.15) is 0 Å². The van der Waals surface area contributed by atoms with E-state index in [2.05, 4.69) is 28.2 Å². The average Bonchev–Trinajstić information content (AvgIpc) is 2.35. The van der Waals surface area contributed by atoms with E-state index in [9.17, 15) is 0 Å². The highest BCUT2D eigenvalue weighted by Gasteiger charge is 1.92. The molecule has 0 radical (unpaired) electrons. The van der Waals surface area contributed by atoms with Crippen molar-refractivity contribution in [2.75, 3.05) is 18.4 Å². The second-order valence-electron chi connectivity index (χ2n) is 4.97. The lowest BCUT2D eigenvalue weighted by atomic mass is 10.1. The molecule has 0 rings (SSSR count). The molecule has 0 amide bonds. The fraction of sp³-hybridized carbons (Fsp3) is 1.00. The summed E-state index contributed by atoms with van der Waals surface area (Å²) in [6.07, 6.45) is 15.4. The van der Waals surface area contributed by atoms with Gasteiger partial charge in [0.05, 0.1) is 0 Å². The first-order chi connectivity index (χ1) is 8.41. The van der Waals surface area contributed by atoms with Crippen LogP contribution in [0.3, 0.4) is 0 Å². The van der Waals surface area contributed by atoms with Gasteiger partial charge in [-0.3, -0.25) is 0 Å². The zero-order chi connectivity index (χ0) is 12.6. The Kier molecular flexibility index (Phi) is 16.9. The lowest BCUT2D eigenvalue weighted by Gasteiger charge is -2.04. The molecule has 1 nitrogen and oxygen atoms in total. The topological polar surface area (TPSA) is 12.0 Å². The van der Waals surface area contributed by atoms with E-state index in [1.54, 1.807) is 0 Å². The Labute approximate surface area is 117 Å². The third-order valence-electron chi connectivity index (χ3n) is 3.19. The van der Waals surface area contributed by atoms with Gasteiger partial charge >= 0.3 is 0 Å². The number of rotatable bonds is 14. The molecule has 0 atom stereocenters. The molecule has 0 fully saturated rings. The molecule has 0 saturated carbocycles. The predicted molar refractivity (Wildman–Crippen MR) is 83.1 cm³/mol. The van der Waals surface area contributed by atoms with Gasteiger partial charge in [0, 0.05) is 5.33 Å².